The number of aryl methyl sites for hydroxylation is 4. The number of hydrogen-bond donors (Lipinski definition) is 2. The summed E-state index contributed by atoms with van der Waals surface area (Å²) in [5.74, 6) is -5.31. The Labute approximate surface area is 312 Å². The molecule has 2 amide bonds. The molecular formula is C35H22BrF4N5O2S4. The summed E-state index contributed by atoms with van der Waals surface area (Å²) in [5.41, 5.74) is 2.63. The molecule has 258 valence electrons. The lowest BCUT2D eigenvalue weighted by molar-refractivity contribution is 0.101. The standard InChI is InChI=1S/C18H11F2N3OS2.C17H11BrF2N2OS2/c19-11-3-1-4-12(20)15(11)17(24)23-18-22-13-5-2-6-14-10(16(13)26-18)7-9(8-21)25-14;18-13-7-8-12(24-13)6-2-5-11-15(8)25-17(21-11)22-16(23)14-9(19)3-1-4-10(14)20/h1,3-4,7H,2,5-6H2,(H,22,23,24);1,3-4,7H,2,5-6H2,(H,21,22,23). The van der Waals surface area contributed by atoms with Crippen LogP contribution in [0.1, 0.15) is 59.6 Å². The first-order valence-corrected chi connectivity index (χ1v) is 19.5. The smallest absolute Gasteiger partial charge is 0.263 e. The Bertz CT molecular complexity index is 2340. The minimum atomic E-state index is -0.917. The van der Waals surface area contributed by atoms with Crippen molar-refractivity contribution >= 4 is 83.4 Å². The fourth-order valence-electron chi connectivity index (χ4n) is 5.79. The molecule has 51 heavy (non-hydrogen) atoms. The first kappa shape index (κ1) is 35.1. The van der Waals surface area contributed by atoms with Crippen molar-refractivity contribution in [3.8, 4) is 27.0 Å². The number of nitrogens with zero attached hydrogens (tertiary/aromatic N) is 3. The predicted molar refractivity (Wildman–Crippen MR) is 196 cm³/mol. The zero-order valence-corrected chi connectivity index (χ0v) is 30.9. The number of anilines is 2. The number of thiophene rings is 2. The van der Waals surface area contributed by atoms with E-state index in [2.05, 4.69) is 48.7 Å². The average Bonchev–Trinajstić information content (AvgIpc) is 3.83. The number of nitrogens with one attached hydrogen (secondary N) is 2. The van der Waals surface area contributed by atoms with E-state index in [9.17, 15) is 27.2 Å². The third-order valence-electron chi connectivity index (χ3n) is 8.04. The van der Waals surface area contributed by atoms with Crippen LogP contribution >= 0.6 is 61.3 Å². The Morgan fingerprint density at radius 2 is 1.14 bits per heavy atom. The first-order chi connectivity index (χ1) is 24.6. The third kappa shape index (κ3) is 7.26. The van der Waals surface area contributed by atoms with Crippen molar-refractivity contribution in [2.45, 2.75) is 38.5 Å². The molecule has 8 rings (SSSR count). The van der Waals surface area contributed by atoms with Gasteiger partial charge in [0.15, 0.2) is 10.3 Å². The number of carbonyl (C=O) groups excluding carboxylic acids is 2. The van der Waals surface area contributed by atoms with Crippen LogP contribution in [-0.2, 0) is 25.7 Å². The Kier molecular flexibility index (Phi) is 10.2. The molecule has 0 fully saturated rings. The molecule has 0 saturated heterocycles. The molecule has 2 aliphatic rings. The number of hydrogen-bond acceptors (Lipinski definition) is 9. The molecule has 0 saturated carbocycles. The van der Waals surface area contributed by atoms with Gasteiger partial charge in [0.2, 0.25) is 0 Å². The Balaban J connectivity index is 0.000000159. The van der Waals surface area contributed by atoms with Gasteiger partial charge in [0.25, 0.3) is 11.8 Å². The van der Waals surface area contributed by atoms with Crippen molar-refractivity contribution in [2.75, 3.05) is 10.6 Å². The average molecular weight is 829 g/mol. The Hall–Kier alpha value is -4.27. The second-order valence-electron chi connectivity index (χ2n) is 11.3. The number of amides is 2. The lowest BCUT2D eigenvalue weighted by atomic mass is 10.2. The Morgan fingerprint density at radius 1 is 0.686 bits per heavy atom. The summed E-state index contributed by atoms with van der Waals surface area (Å²) in [4.78, 5) is 38.4. The highest BCUT2D eigenvalue weighted by atomic mass is 79.9. The molecule has 0 aliphatic heterocycles. The zero-order chi connectivity index (χ0) is 35.8. The van der Waals surface area contributed by atoms with Crippen LogP contribution in [-0.4, -0.2) is 21.8 Å². The maximum Gasteiger partial charge on any atom is 0.263 e. The number of halogens is 5. The molecule has 0 unspecified atom stereocenters. The second kappa shape index (κ2) is 14.8. The van der Waals surface area contributed by atoms with Gasteiger partial charge in [-0.3, -0.25) is 20.2 Å². The van der Waals surface area contributed by atoms with Crippen LogP contribution in [0.3, 0.4) is 0 Å². The number of carbonyl (C=O) groups is 2. The van der Waals surface area contributed by atoms with Gasteiger partial charge in [-0.1, -0.05) is 34.8 Å². The first-order valence-electron chi connectivity index (χ1n) is 15.4. The maximum absolute atomic E-state index is 13.8. The molecule has 0 spiro atoms. The second-order valence-corrected chi connectivity index (χ2v) is 17.0. The lowest BCUT2D eigenvalue weighted by Crippen LogP contribution is -2.15. The van der Waals surface area contributed by atoms with Gasteiger partial charge >= 0.3 is 0 Å². The molecule has 4 aromatic heterocycles. The molecular weight excluding hydrogens is 807 g/mol. The SMILES string of the molecule is N#Cc1cc2c(s1)CCCc1nc(NC(=O)c3c(F)cccc3F)sc1-2.O=C(Nc1nc2c(s1)-c1cc(Br)sc1CCC2)c1c(F)cccc1F. The number of aromatic nitrogens is 2. The van der Waals surface area contributed by atoms with Crippen LogP contribution in [0.5, 0.6) is 0 Å². The van der Waals surface area contributed by atoms with Crippen LogP contribution in [0.4, 0.5) is 27.8 Å². The van der Waals surface area contributed by atoms with Gasteiger partial charge in [-0.2, -0.15) is 5.26 Å². The van der Waals surface area contributed by atoms with Crippen molar-refractivity contribution in [3.63, 3.8) is 0 Å². The van der Waals surface area contributed by atoms with E-state index in [1.807, 2.05) is 6.07 Å². The molecule has 0 radical (unpaired) electrons. The predicted octanol–water partition coefficient (Wildman–Crippen LogP) is 10.4. The highest BCUT2D eigenvalue weighted by Crippen LogP contribution is 2.44. The molecule has 2 N–H and O–H groups in total. The van der Waals surface area contributed by atoms with E-state index in [0.717, 1.165) is 104 Å². The van der Waals surface area contributed by atoms with E-state index in [1.54, 1.807) is 11.3 Å². The normalized spacial score (nSPS) is 12.9. The minimum absolute atomic E-state index is 0.292. The largest absolute Gasteiger partial charge is 0.298 e. The monoisotopic (exact) mass is 827 g/mol. The minimum Gasteiger partial charge on any atom is -0.298 e. The maximum atomic E-state index is 13.8. The van der Waals surface area contributed by atoms with Gasteiger partial charge < -0.3 is 0 Å². The van der Waals surface area contributed by atoms with E-state index in [4.69, 9.17) is 5.26 Å². The van der Waals surface area contributed by atoms with Gasteiger partial charge in [-0.05, 0) is 90.9 Å². The molecule has 16 heteroatoms. The summed E-state index contributed by atoms with van der Waals surface area (Å²) in [6, 6.07) is 12.7. The van der Waals surface area contributed by atoms with Crippen LogP contribution in [0.15, 0.2) is 52.3 Å². The van der Waals surface area contributed by atoms with Crippen molar-refractivity contribution in [2.24, 2.45) is 0 Å². The van der Waals surface area contributed by atoms with E-state index < -0.39 is 46.2 Å². The number of rotatable bonds is 4. The third-order valence-corrected chi connectivity index (χ3v) is 12.9. The van der Waals surface area contributed by atoms with Gasteiger partial charge in [0.05, 0.1) is 24.9 Å². The van der Waals surface area contributed by atoms with Crippen LogP contribution < -0.4 is 10.6 Å². The summed E-state index contributed by atoms with van der Waals surface area (Å²) < 4.78 is 56.1. The summed E-state index contributed by atoms with van der Waals surface area (Å²) >= 11 is 9.28. The topological polar surface area (TPSA) is 108 Å². The van der Waals surface area contributed by atoms with Crippen molar-refractivity contribution in [1.29, 1.82) is 5.26 Å². The lowest BCUT2D eigenvalue weighted by Gasteiger charge is -2.04. The fourth-order valence-corrected chi connectivity index (χ4v) is 10.8. The molecule has 2 aliphatic carbocycles. The highest BCUT2D eigenvalue weighted by molar-refractivity contribution is 9.11. The highest BCUT2D eigenvalue weighted by Gasteiger charge is 2.26. The van der Waals surface area contributed by atoms with Gasteiger partial charge in [-0.15, -0.1) is 22.7 Å². The van der Waals surface area contributed by atoms with Gasteiger partial charge in [0, 0.05) is 20.9 Å². The number of benzene rings is 2. The molecule has 4 heterocycles. The van der Waals surface area contributed by atoms with Crippen LogP contribution in [0.25, 0.3) is 20.9 Å². The Morgan fingerprint density at radius 3 is 1.61 bits per heavy atom. The number of nitriles is 1. The van der Waals surface area contributed by atoms with Crippen molar-refractivity contribution < 1.29 is 27.2 Å². The van der Waals surface area contributed by atoms with Gasteiger partial charge in [0.1, 0.15) is 45.3 Å². The van der Waals surface area contributed by atoms with Gasteiger partial charge in [-0.25, -0.2) is 27.5 Å². The van der Waals surface area contributed by atoms with E-state index in [-0.39, 0.29) is 0 Å². The summed E-state index contributed by atoms with van der Waals surface area (Å²) in [6.45, 7) is 0. The van der Waals surface area contributed by atoms with E-state index >= 15 is 0 Å². The zero-order valence-electron chi connectivity index (χ0n) is 26.0. The molecule has 6 aromatic rings. The molecule has 0 bridgehead atoms. The van der Waals surface area contributed by atoms with Crippen molar-refractivity contribution in [3.05, 3.63) is 113 Å². The summed E-state index contributed by atoms with van der Waals surface area (Å²) in [5, 5.41) is 14.8. The fraction of sp³-hybridized carbons (Fsp3) is 0.171. The van der Waals surface area contributed by atoms with Crippen LogP contribution in [0.2, 0.25) is 0 Å². The molecule has 7 nitrogen and oxygen atoms in total. The van der Waals surface area contributed by atoms with Crippen molar-refractivity contribution in [1.82, 2.24) is 9.97 Å². The van der Waals surface area contributed by atoms with Crippen LogP contribution in [0, 0.1) is 34.6 Å². The molecule has 0 atom stereocenters. The molecule has 2 aromatic carbocycles. The van der Waals surface area contributed by atoms with E-state index in [0.29, 0.717) is 15.1 Å². The number of thiazole rings is 2. The summed E-state index contributed by atoms with van der Waals surface area (Å²) in [6.07, 6.45) is 5.31. The number of fused-ring (bicyclic) bond motifs is 6. The summed E-state index contributed by atoms with van der Waals surface area (Å²) in [7, 11) is 0. The van der Waals surface area contributed by atoms with E-state index in [1.165, 1.54) is 51.0 Å². The quantitative estimate of drug-likeness (QED) is 0.172.